The van der Waals surface area contributed by atoms with Crippen molar-refractivity contribution in [1.29, 1.82) is 0 Å². The Labute approximate surface area is 147 Å². The first-order valence-corrected chi connectivity index (χ1v) is 8.53. The maximum absolute atomic E-state index is 13.1. The van der Waals surface area contributed by atoms with Crippen LogP contribution in [0.4, 0.5) is 18.0 Å². The molecule has 6 nitrogen and oxygen atoms in total. The molecule has 2 amide bonds. The van der Waals surface area contributed by atoms with Gasteiger partial charge in [-0.2, -0.15) is 13.2 Å². The Morgan fingerprint density at radius 1 is 1.44 bits per heavy atom. The molecule has 1 saturated heterocycles. The molecule has 1 aliphatic heterocycles. The van der Waals surface area contributed by atoms with Gasteiger partial charge in [0, 0.05) is 17.7 Å². The van der Waals surface area contributed by atoms with Gasteiger partial charge in [-0.15, -0.1) is 0 Å². The van der Waals surface area contributed by atoms with Gasteiger partial charge in [-0.05, 0) is 26.8 Å². The largest absolute Gasteiger partial charge is 0.425 e. The van der Waals surface area contributed by atoms with Crippen LogP contribution in [0.2, 0.25) is 0 Å². The number of rotatable bonds is 2. The molecular weight excluding hydrogens is 359 g/mol. The van der Waals surface area contributed by atoms with Crippen molar-refractivity contribution in [2.24, 2.45) is 5.73 Å². The highest BCUT2D eigenvalue weighted by Crippen LogP contribution is 2.39. The molecule has 2 aliphatic rings. The standard InChI is InChI=1S/C15H20F3N3O3S/c1-13(2,3)20-12(23)24-11-10(22)21(8-25-11)9-5-4-6-14(19,7-9)15(16,17)18/h4-6,11H,7-8,19H2,1-3H3,(H,20,23). The number of allylic oxidation sites excluding steroid dienone is 2. The second-order valence-corrected chi connectivity index (χ2v) is 7.93. The minimum atomic E-state index is -4.64. The summed E-state index contributed by atoms with van der Waals surface area (Å²) in [5.74, 6) is -0.500. The van der Waals surface area contributed by atoms with Crippen LogP contribution in [0.15, 0.2) is 23.9 Å². The Morgan fingerprint density at radius 3 is 2.64 bits per heavy atom. The van der Waals surface area contributed by atoms with Gasteiger partial charge in [0.2, 0.25) is 5.44 Å². The first kappa shape index (κ1) is 19.6. The van der Waals surface area contributed by atoms with E-state index in [1.165, 1.54) is 12.2 Å². The van der Waals surface area contributed by atoms with Gasteiger partial charge >= 0.3 is 12.3 Å². The fraction of sp³-hybridized carbons (Fsp3) is 0.600. The lowest BCUT2D eigenvalue weighted by molar-refractivity contribution is -0.172. The average Bonchev–Trinajstić information content (AvgIpc) is 2.77. The van der Waals surface area contributed by atoms with Gasteiger partial charge in [0.25, 0.3) is 5.91 Å². The molecule has 25 heavy (non-hydrogen) atoms. The molecule has 0 radical (unpaired) electrons. The SMILES string of the molecule is CC(C)(C)NC(=O)OC1SCN(C2=CC=CC(N)(C(F)(F)F)C2)C1=O. The van der Waals surface area contributed by atoms with Crippen molar-refractivity contribution in [3.8, 4) is 0 Å². The van der Waals surface area contributed by atoms with E-state index in [9.17, 15) is 22.8 Å². The lowest BCUT2D eigenvalue weighted by Gasteiger charge is -2.34. The van der Waals surface area contributed by atoms with Crippen LogP contribution in [-0.4, -0.2) is 45.5 Å². The number of hydrogen-bond acceptors (Lipinski definition) is 5. The van der Waals surface area contributed by atoms with Crippen LogP contribution < -0.4 is 11.1 Å². The van der Waals surface area contributed by atoms with E-state index in [-0.39, 0.29) is 11.6 Å². The highest BCUT2D eigenvalue weighted by atomic mass is 32.2. The van der Waals surface area contributed by atoms with Crippen LogP contribution in [0, 0.1) is 0 Å². The Balaban J connectivity index is 2.04. The number of nitrogens with zero attached hydrogens (tertiary/aromatic N) is 1. The molecule has 1 heterocycles. The number of hydrogen-bond donors (Lipinski definition) is 2. The molecule has 1 aliphatic carbocycles. The van der Waals surface area contributed by atoms with Crippen LogP contribution >= 0.6 is 11.8 Å². The highest BCUT2D eigenvalue weighted by molar-refractivity contribution is 8.00. The molecule has 0 aromatic carbocycles. The minimum Gasteiger partial charge on any atom is -0.425 e. The van der Waals surface area contributed by atoms with Crippen molar-refractivity contribution in [3.63, 3.8) is 0 Å². The predicted molar refractivity (Wildman–Crippen MR) is 87.3 cm³/mol. The molecule has 1 fully saturated rings. The Bertz CT molecular complexity index is 628. The number of nitrogens with two attached hydrogens (primary N) is 1. The quantitative estimate of drug-likeness (QED) is 0.770. The van der Waals surface area contributed by atoms with Crippen molar-refractivity contribution in [1.82, 2.24) is 10.2 Å². The molecular formula is C15H20F3N3O3S. The summed E-state index contributed by atoms with van der Waals surface area (Å²) < 4.78 is 44.4. The van der Waals surface area contributed by atoms with Gasteiger partial charge in [0.05, 0.1) is 5.88 Å². The predicted octanol–water partition coefficient (Wildman–Crippen LogP) is 2.47. The van der Waals surface area contributed by atoms with Crippen molar-refractivity contribution >= 4 is 23.8 Å². The number of nitrogens with one attached hydrogen (secondary N) is 1. The van der Waals surface area contributed by atoms with Gasteiger partial charge in [-0.3, -0.25) is 4.79 Å². The summed E-state index contributed by atoms with van der Waals surface area (Å²) in [4.78, 5) is 25.3. The van der Waals surface area contributed by atoms with Crippen molar-refractivity contribution in [2.75, 3.05) is 5.88 Å². The number of thioether (sulfide) groups is 1. The van der Waals surface area contributed by atoms with E-state index in [0.29, 0.717) is 0 Å². The second-order valence-electron chi connectivity index (χ2n) is 6.91. The molecule has 0 aromatic heterocycles. The molecule has 0 saturated carbocycles. The molecule has 0 bridgehead atoms. The van der Waals surface area contributed by atoms with Gasteiger partial charge in [0.15, 0.2) is 0 Å². The molecule has 3 N–H and O–H groups in total. The van der Waals surface area contributed by atoms with E-state index in [0.717, 1.165) is 22.7 Å². The lowest BCUT2D eigenvalue weighted by atomic mass is 9.89. The molecule has 10 heteroatoms. The molecule has 2 unspecified atom stereocenters. The first-order valence-electron chi connectivity index (χ1n) is 7.48. The number of halogens is 3. The third-order valence-electron chi connectivity index (χ3n) is 3.54. The maximum atomic E-state index is 13.1. The molecule has 2 rings (SSSR count). The van der Waals surface area contributed by atoms with Crippen LogP contribution in [0.25, 0.3) is 0 Å². The number of ether oxygens (including phenoxy) is 1. The topological polar surface area (TPSA) is 84.7 Å². The van der Waals surface area contributed by atoms with Crippen molar-refractivity contribution < 1.29 is 27.5 Å². The van der Waals surface area contributed by atoms with E-state index in [4.69, 9.17) is 10.5 Å². The molecule has 140 valence electrons. The first-order chi connectivity index (χ1) is 11.3. The third kappa shape index (κ3) is 4.49. The van der Waals surface area contributed by atoms with E-state index in [1.54, 1.807) is 20.8 Å². The molecule has 2 atom stereocenters. The van der Waals surface area contributed by atoms with Crippen LogP contribution in [0.1, 0.15) is 27.2 Å². The third-order valence-corrected chi connectivity index (χ3v) is 4.55. The fourth-order valence-electron chi connectivity index (χ4n) is 2.27. The van der Waals surface area contributed by atoms with E-state index >= 15 is 0 Å². The summed E-state index contributed by atoms with van der Waals surface area (Å²) in [7, 11) is 0. The number of carbonyl (C=O) groups excluding carboxylic acids is 2. The van der Waals surface area contributed by atoms with Gasteiger partial charge in [-0.1, -0.05) is 23.9 Å². The summed E-state index contributed by atoms with van der Waals surface area (Å²) in [5, 5.41) is 2.55. The Morgan fingerprint density at radius 2 is 2.08 bits per heavy atom. The number of carbonyl (C=O) groups is 2. The zero-order valence-electron chi connectivity index (χ0n) is 14.0. The van der Waals surface area contributed by atoms with E-state index in [1.807, 2.05) is 0 Å². The fourth-order valence-corrected chi connectivity index (χ4v) is 3.28. The molecule has 0 aromatic rings. The zero-order chi connectivity index (χ0) is 19.0. The minimum absolute atomic E-state index is 0.0832. The summed E-state index contributed by atoms with van der Waals surface area (Å²) >= 11 is 1.02. The maximum Gasteiger partial charge on any atom is 0.410 e. The monoisotopic (exact) mass is 379 g/mol. The Kier molecular flexibility index (Phi) is 5.16. The van der Waals surface area contributed by atoms with Gasteiger partial charge in [-0.25, -0.2) is 4.79 Å². The number of alkyl halides is 3. The summed E-state index contributed by atoms with van der Waals surface area (Å²) in [6, 6.07) is 0. The van der Waals surface area contributed by atoms with Crippen LogP contribution in [-0.2, 0) is 9.53 Å². The van der Waals surface area contributed by atoms with Gasteiger partial charge in [0.1, 0.15) is 5.54 Å². The van der Waals surface area contributed by atoms with Crippen molar-refractivity contribution in [2.45, 2.75) is 49.9 Å². The van der Waals surface area contributed by atoms with Crippen LogP contribution in [0.3, 0.4) is 0 Å². The lowest BCUT2D eigenvalue weighted by Crippen LogP contribution is -2.54. The molecule has 0 spiro atoms. The zero-order valence-corrected chi connectivity index (χ0v) is 14.8. The highest BCUT2D eigenvalue weighted by Gasteiger charge is 2.52. The number of alkyl carbamates (subject to hydrolysis) is 1. The van der Waals surface area contributed by atoms with Crippen LogP contribution in [0.5, 0.6) is 0 Å². The van der Waals surface area contributed by atoms with Gasteiger partial charge < -0.3 is 20.7 Å². The van der Waals surface area contributed by atoms with E-state index < -0.39 is 41.1 Å². The smallest absolute Gasteiger partial charge is 0.410 e. The Hall–Kier alpha value is -1.68. The average molecular weight is 379 g/mol. The van der Waals surface area contributed by atoms with E-state index in [2.05, 4.69) is 5.32 Å². The summed E-state index contributed by atoms with van der Waals surface area (Å²) in [6.45, 7) is 5.25. The van der Waals surface area contributed by atoms with Crippen molar-refractivity contribution in [3.05, 3.63) is 23.9 Å². The normalized spacial score (nSPS) is 27.3. The second kappa shape index (κ2) is 6.56. The summed E-state index contributed by atoms with van der Waals surface area (Å²) in [5.41, 5.74) is 1.41. The summed E-state index contributed by atoms with van der Waals surface area (Å²) in [6.07, 6.45) is -2.49. The number of amides is 2.